The zero-order valence-electron chi connectivity index (χ0n) is 12.9. The van der Waals surface area contributed by atoms with Gasteiger partial charge in [-0.05, 0) is 12.1 Å². The third-order valence-electron chi connectivity index (χ3n) is 3.58. The summed E-state index contributed by atoms with van der Waals surface area (Å²) >= 11 is 12.3. The van der Waals surface area contributed by atoms with E-state index in [1.165, 1.54) is 30.7 Å². The molecule has 3 rings (SSSR count). The minimum Gasteiger partial charge on any atom is -0.477 e. The molecule has 0 aliphatic carbocycles. The first-order valence-corrected chi connectivity index (χ1v) is 7.95. The molecule has 0 spiro atoms. The summed E-state index contributed by atoms with van der Waals surface area (Å²) in [5, 5.41) is 12.4. The van der Waals surface area contributed by atoms with E-state index in [-0.39, 0.29) is 27.8 Å². The van der Waals surface area contributed by atoms with Crippen molar-refractivity contribution >= 4 is 46.0 Å². The van der Waals surface area contributed by atoms with Crippen LogP contribution in [0, 0.1) is 0 Å². The van der Waals surface area contributed by atoms with Crippen LogP contribution in [0.1, 0.15) is 26.4 Å². The first-order valence-electron chi connectivity index (χ1n) is 7.20. The molecule has 0 aliphatic rings. The Morgan fingerprint density at radius 3 is 2.65 bits per heavy atom. The third kappa shape index (κ3) is 3.37. The topological polar surface area (TPSA) is 125 Å². The second kappa shape index (κ2) is 7.11. The largest absolute Gasteiger partial charge is 0.477 e. The van der Waals surface area contributed by atoms with Crippen molar-refractivity contribution in [2.45, 2.75) is 6.54 Å². The fourth-order valence-electron chi connectivity index (χ4n) is 2.36. The van der Waals surface area contributed by atoms with Gasteiger partial charge >= 0.3 is 5.97 Å². The highest BCUT2D eigenvalue weighted by Gasteiger charge is 2.17. The zero-order valence-corrected chi connectivity index (χ0v) is 14.4. The van der Waals surface area contributed by atoms with E-state index in [1.54, 1.807) is 0 Å². The number of carbonyl (C=O) groups is 2. The molecule has 2 aromatic heterocycles. The van der Waals surface area contributed by atoms with Gasteiger partial charge in [0.25, 0.3) is 11.5 Å². The Labute approximate surface area is 155 Å². The van der Waals surface area contributed by atoms with Gasteiger partial charge in [0.1, 0.15) is 11.3 Å². The first kappa shape index (κ1) is 17.8. The number of aromatic nitrogens is 3. The number of aromatic carboxylic acids is 1. The fourth-order valence-corrected chi connectivity index (χ4v) is 2.81. The number of fused-ring (bicyclic) bond motifs is 1. The van der Waals surface area contributed by atoms with Crippen LogP contribution < -0.4 is 10.9 Å². The van der Waals surface area contributed by atoms with E-state index in [0.29, 0.717) is 10.9 Å². The predicted molar refractivity (Wildman–Crippen MR) is 94.8 cm³/mol. The smallest absolute Gasteiger partial charge is 0.341 e. The number of amides is 1. The molecule has 1 amide bonds. The number of carboxylic acids is 1. The summed E-state index contributed by atoms with van der Waals surface area (Å²) in [5.74, 6) is -1.86. The van der Waals surface area contributed by atoms with E-state index < -0.39 is 23.0 Å². The van der Waals surface area contributed by atoms with Crippen molar-refractivity contribution in [3.8, 4) is 0 Å². The van der Waals surface area contributed by atoms with Gasteiger partial charge in [0.2, 0.25) is 0 Å². The number of hydrogen-bond donors (Lipinski definition) is 3. The molecule has 0 saturated carbocycles. The quantitative estimate of drug-likeness (QED) is 0.625. The van der Waals surface area contributed by atoms with Crippen LogP contribution in [0.2, 0.25) is 10.0 Å². The normalized spacial score (nSPS) is 10.7. The second-order valence-electron chi connectivity index (χ2n) is 5.21. The van der Waals surface area contributed by atoms with Crippen LogP contribution in [0.15, 0.2) is 35.5 Å². The van der Waals surface area contributed by atoms with Gasteiger partial charge in [-0.15, -0.1) is 0 Å². The van der Waals surface area contributed by atoms with Crippen LogP contribution in [0.3, 0.4) is 0 Å². The summed E-state index contributed by atoms with van der Waals surface area (Å²) in [7, 11) is 0. The Bertz CT molecular complexity index is 1080. The van der Waals surface area contributed by atoms with Crippen LogP contribution in [0.4, 0.5) is 0 Å². The van der Waals surface area contributed by atoms with Crippen molar-refractivity contribution in [3.63, 3.8) is 0 Å². The molecule has 10 heteroatoms. The van der Waals surface area contributed by atoms with Gasteiger partial charge in [-0.3, -0.25) is 14.6 Å². The minimum atomic E-state index is -1.36. The molecule has 0 bridgehead atoms. The summed E-state index contributed by atoms with van der Waals surface area (Å²) < 4.78 is 0. The lowest BCUT2D eigenvalue weighted by Gasteiger charge is -2.12. The first-order chi connectivity index (χ1) is 12.4. The average Bonchev–Trinajstić information content (AvgIpc) is 2.62. The lowest BCUT2D eigenvalue weighted by atomic mass is 10.1. The number of hydrogen-bond acceptors (Lipinski definition) is 5. The van der Waals surface area contributed by atoms with Crippen LogP contribution in [-0.2, 0) is 6.54 Å². The molecule has 0 radical (unpaired) electrons. The summed E-state index contributed by atoms with van der Waals surface area (Å²) in [5.41, 5.74) is -0.471. The molecule has 0 atom stereocenters. The van der Waals surface area contributed by atoms with Crippen molar-refractivity contribution in [2.75, 3.05) is 0 Å². The maximum Gasteiger partial charge on any atom is 0.341 e. The molecule has 0 saturated heterocycles. The molecule has 26 heavy (non-hydrogen) atoms. The highest BCUT2D eigenvalue weighted by atomic mass is 35.5. The van der Waals surface area contributed by atoms with Gasteiger partial charge < -0.3 is 15.4 Å². The predicted octanol–water partition coefficient (Wildman–Crippen LogP) is 2.25. The Morgan fingerprint density at radius 2 is 2.00 bits per heavy atom. The van der Waals surface area contributed by atoms with E-state index in [4.69, 9.17) is 28.3 Å². The number of aromatic amines is 1. The Kier molecular flexibility index (Phi) is 4.88. The monoisotopic (exact) mass is 392 g/mol. The molecule has 3 N–H and O–H groups in total. The van der Waals surface area contributed by atoms with Crippen molar-refractivity contribution in [1.82, 2.24) is 20.3 Å². The number of nitrogens with zero attached hydrogens (tertiary/aromatic N) is 2. The third-order valence-corrected chi connectivity index (χ3v) is 4.41. The number of H-pyrrole nitrogens is 1. The van der Waals surface area contributed by atoms with Crippen LogP contribution >= 0.6 is 23.2 Å². The number of carboxylic acid groups (broad SMARTS) is 1. The number of pyridine rings is 1. The number of carbonyl (C=O) groups excluding carboxylic acids is 1. The van der Waals surface area contributed by atoms with E-state index in [2.05, 4.69) is 20.3 Å². The van der Waals surface area contributed by atoms with Crippen LogP contribution in [-0.4, -0.2) is 31.9 Å². The van der Waals surface area contributed by atoms with Gasteiger partial charge in [-0.25, -0.2) is 9.78 Å². The summed E-state index contributed by atoms with van der Waals surface area (Å²) in [4.78, 5) is 45.4. The average molecular weight is 393 g/mol. The highest BCUT2D eigenvalue weighted by molar-refractivity contribution is 6.43. The number of benzene rings is 1. The fraction of sp³-hybridized carbons (Fsp3) is 0.0625. The molecule has 3 aromatic rings. The van der Waals surface area contributed by atoms with Crippen molar-refractivity contribution in [2.24, 2.45) is 0 Å². The van der Waals surface area contributed by atoms with E-state index >= 15 is 0 Å². The molecule has 1 aromatic carbocycles. The number of rotatable bonds is 4. The Balaban J connectivity index is 2.03. The maximum atomic E-state index is 12.1. The summed E-state index contributed by atoms with van der Waals surface area (Å²) in [6.07, 6.45) is 4.11. The number of halogens is 2. The summed E-state index contributed by atoms with van der Waals surface area (Å²) in [6.45, 7) is -0.0618. The maximum absolute atomic E-state index is 12.1. The van der Waals surface area contributed by atoms with Crippen molar-refractivity contribution < 1.29 is 14.7 Å². The van der Waals surface area contributed by atoms with Crippen LogP contribution in [0.25, 0.3) is 10.9 Å². The van der Waals surface area contributed by atoms with Gasteiger partial charge in [-0.1, -0.05) is 23.2 Å². The SMILES string of the molecule is O=C(NCc1c(Cl)c(Cl)cc2cc(C(=O)O)c(=O)[nH]c12)c1cnccn1. The number of nitrogens with one attached hydrogen (secondary N) is 2. The van der Waals surface area contributed by atoms with Gasteiger partial charge in [0, 0.05) is 29.9 Å². The van der Waals surface area contributed by atoms with Crippen molar-refractivity contribution in [1.29, 1.82) is 0 Å². The molecule has 132 valence electrons. The molecule has 2 heterocycles. The lowest BCUT2D eigenvalue weighted by Crippen LogP contribution is -2.25. The van der Waals surface area contributed by atoms with Crippen molar-refractivity contribution in [3.05, 3.63) is 67.9 Å². The molecular formula is C16H10Cl2N4O4. The van der Waals surface area contributed by atoms with Crippen LogP contribution in [0.5, 0.6) is 0 Å². The molecule has 8 nitrogen and oxygen atoms in total. The minimum absolute atomic E-state index is 0.0618. The van der Waals surface area contributed by atoms with Gasteiger partial charge in [-0.2, -0.15) is 0 Å². The highest BCUT2D eigenvalue weighted by Crippen LogP contribution is 2.32. The molecule has 0 fully saturated rings. The second-order valence-corrected chi connectivity index (χ2v) is 5.99. The Morgan fingerprint density at radius 1 is 1.23 bits per heavy atom. The van der Waals surface area contributed by atoms with Gasteiger partial charge in [0.05, 0.1) is 21.8 Å². The van der Waals surface area contributed by atoms with E-state index in [9.17, 15) is 14.4 Å². The standard InChI is InChI=1S/C16H10Cl2N4O4/c17-10-4-7-3-8(16(25)26)14(23)22-13(7)9(12(10)18)5-21-15(24)11-6-19-1-2-20-11/h1-4,6H,5H2,(H,21,24)(H,22,23)(H,25,26). The summed E-state index contributed by atoms with van der Waals surface area (Å²) in [6, 6.07) is 2.64. The molecule has 0 unspecified atom stereocenters. The van der Waals surface area contributed by atoms with Gasteiger partial charge in [0.15, 0.2) is 0 Å². The Hall–Kier alpha value is -2.97. The van der Waals surface area contributed by atoms with E-state index in [0.717, 1.165) is 0 Å². The molecule has 0 aliphatic heterocycles. The zero-order chi connectivity index (χ0) is 18.8. The molecular weight excluding hydrogens is 383 g/mol. The lowest BCUT2D eigenvalue weighted by molar-refractivity contribution is 0.0695. The van der Waals surface area contributed by atoms with E-state index in [1.807, 2.05) is 0 Å².